The Bertz CT molecular complexity index is 423. The molecule has 0 aromatic heterocycles. The van der Waals surface area contributed by atoms with Crippen molar-refractivity contribution in [3.63, 3.8) is 0 Å². The molecule has 1 fully saturated rings. The summed E-state index contributed by atoms with van der Waals surface area (Å²) in [5.74, 6) is 0.295. The lowest BCUT2D eigenvalue weighted by Gasteiger charge is -2.27. The lowest BCUT2D eigenvalue weighted by Crippen LogP contribution is -2.42. The first-order valence-electron chi connectivity index (χ1n) is 6.88. The van der Waals surface area contributed by atoms with Crippen LogP contribution in [-0.2, 0) is 11.2 Å². The summed E-state index contributed by atoms with van der Waals surface area (Å²) in [7, 11) is 1.95. The fourth-order valence-corrected chi connectivity index (χ4v) is 2.70. The molecule has 106 valence electrons. The van der Waals surface area contributed by atoms with Crippen LogP contribution in [0.15, 0.2) is 18.2 Å². The van der Waals surface area contributed by atoms with Crippen LogP contribution in [0.4, 0.5) is 4.39 Å². The van der Waals surface area contributed by atoms with Crippen LogP contribution in [0, 0.1) is 11.7 Å². The zero-order valence-corrected chi connectivity index (χ0v) is 12.2. The molecule has 1 aromatic carbocycles. The second kappa shape index (κ2) is 6.69. The predicted molar refractivity (Wildman–Crippen MR) is 76.1 cm³/mol. The van der Waals surface area contributed by atoms with Crippen molar-refractivity contribution in [3.05, 3.63) is 34.6 Å². The van der Waals surface area contributed by atoms with Gasteiger partial charge in [-0.2, -0.15) is 0 Å². The summed E-state index contributed by atoms with van der Waals surface area (Å²) in [4.78, 5) is 0. The number of hydrogen-bond acceptors (Lipinski definition) is 2. The number of hydrogen-bond donors (Lipinski definition) is 1. The van der Waals surface area contributed by atoms with Gasteiger partial charge in [0.05, 0.1) is 11.1 Å². The molecule has 0 aliphatic heterocycles. The van der Waals surface area contributed by atoms with Crippen LogP contribution in [0.5, 0.6) is 0 Å². The van der Waals surface area contributed by atoms with E-state index >= 15 is 0 Å². The van der Waals surface area contributed by atoms with E-state index in [1.807, 2.05) is 14.0 Å². The van der Waals surface area contributed by atoms with Gasteiger partial charge in [-0.05, 0) is 56.8 Å². The third kappa shape index (κ3) is 3.91. The zero-order chi connectivity index (χ0) is 13.8. The first-order chi connectivity index (χ1) is 9.15. The van der Waals surface area contributed by atoms with Crippen LogP contribution in [0.3, 0.4) is 0 Å². The van der Waals surface area contributed by atoms with Crippen LogP contribution in [0.2, 0.25) is 5.02 Å². The Kier molecular flexibility index (Phi) is 5.20. The van der Waals surface area contributed by atoms with Gasteiger partial charge in [0, 0.05) is 12.6 Å². The van der Waals surface area contributed by atoms with Gasteiger partial charge in [-0.3, -0.25) is 0 Å². The summed E-state index contributed by atoms with van der Waals surface area (Å²) >= 11 is 5.83. The Balaban J connectivity index is 2.06. The highest BCUT2D eigenvalue weighted by atomic mass is 35.5. The number of benzene rings is 1. The molecule has 0 spiro atoms. The Morgan fingerprint density at radius 3 is 2.74 bits per heavy atom. The summed E-state index contributed by atoms with van der Waals surface area (Å²) < 4.78 is 19.0. The van der Waals surface area contributed by atoms with Crippen molar-refractivity contribution in [1.29, 1.82) is 0 Å². The molecule has 19 heavy (non-hydrogen) atoms. The first-order valence-corrected chi connectivity index (χ1v) is 7.26. The minimum absolute atomic E-state index is 0.187. The van der Waals surface area contributed by atoms with Gasteiger partial charge in [-0.15, -0.1) is 0 Å². The van der Waals surface area contributed by atoms with E-state index in [4.69, 9.17) is 16.3 Å². The third-order valence-electron chi connectivity index (χ3n) is 3.65. The van der Waals surface area contributed by atoms with Crippen molar-refractivity contribution < 1.29 is 9.13 Å². The molecular formula is C15H21ClFNO. The standard InChI is InChI=1S/C15H21ClFNO/c1-3-19-15(11-5-6-11)14(18-2)9-10-4-7-13(17)12(16)8-10/h4,7-8,11,14-15,18H,3,5-6,9H2,1-2H3. The Labute approximate surface area is 119 Å². The van der Waals surface area contributed by atoms with Crippen molar-refractivity contribution >= 4 is 11.6 Å². The van der Waals surface area contributed by atoms with Crippen LogP contribution < -0.4 is 5.32 Å². The molecule has 0 amide bonds. The number of ether oxygens (including phenoxy) is 1. The van der Waals surface area contributed by atoms with E-state index in [-0.39, 0.29) is 23.0 Å². The normalized spacial score (nSPS) is 18.3. The van der Waals surface area contributed by atoms with Crippen molar-refractivity contribution in [3.8, 4) is 0 Å². The minimum atomic E-state index is -0.366. The average molecular weight is 286 g/mol. The number of rotatable bonds is 7. The molecule has 1 aliphatic carbocycles. The molecule has 2 rings (SSSR count). The zero-order valence-electron chi connectivity index (χ0n) is 11.5. The molecule has 1 aliphatic rings. The van der Waals surface area contributed by atoms with Gasteiger partial charge in [-0.1, -0.05) is 17.7 Å². The maximum atomic E-state index is 13.2. The molecular weight excluding hydrogens is 265 g/mol. The highest BCUT2D eigenvalue weighted by Crippen LogP contribution is 2.36. The Morgan fingerprint density at radius 2 is 2.21 bits per heavy atom. The van der Waals surface area contributed by atoms with Gasteiger partial charge < -0.3 is 10.1 Å². The summed E-state index contributed by atoms with van der Waals surface area (Å²) in [6, 6.07) is 5.17. The molecule has 4 heteroatoms. The molecule has 2 nitrogen and oxygen atoms in total. The second-order valence-corrected chi connectivity index (χ2v) is 5.51. The van der Waals surface area contributed by atoms with E-state index in [1.54, 1.807) is 12.1 Å². The van der Waals surface area contributed by atoms with E-state index in [9.17, 15) is 4.39 Å². The van der Waals surface area contributed by atoms with E-state index in [0.717, 1.165) is 18.6 Å². The van der Waals surface area contributed by atoms with Gasteiger partial charge in [0.25, 0.3) is 0 Å². The highest BCUT2D eigenvalue weighted by Gasteiger charge is 2.36. The Hall–Kier alpha value is -0.640. The summed E-state index contributed by atoms with van der Waals surface area (Å²) in [5, 5.41) is 3.52. The molecule has 0 radical (unpaired) electrons. The average Bonchev–Trinajstić information content (AvgIpc) is 3.22. The molecule has 1 saturated carbocycles. The molecule has 2 unspecified atom stereocenters. The highest BCUT2D eigenvalue weighted by molar-refractivity contribution is 6.30. The van der Waals surface area contributed by atoms with Gasteiger partial charge in [0.2, 0.25) is 0 Å². The molecule has 0 saturated heterocycles. The summed E-state index contributed by atoms with van der Waals surface area (Å²) in [5.41, 5.74) is 1.04. The maximum absolute atomic E-state index is 13.2. The monoisotopic (exact) mass is 285 g/mol. The number of likely N-dealkylation sites (N-methyl/N-ethyl adjacent to an activating group) is 1. The van der Waals surface area contributed by atoms with Crippen molar-refractivity contribution in [1.82, 2.24) is 5.32 Å². The van der Waals surface area contributed by atoms with Crippen LogP contribution in [0.25, 0.3) is 0 Å². The van der Waals surface area contributed by atoms with Gasteiger partial charge in [0.15, 0.2) is 0 Å². The molecule has 2 atom stereocenters. The van der Waals surface area contributed by atoms with E-state index in [2.05, 4.69) is 5.32 Å². The van der Waals surface area contributed by atoms with E-state index < -0.39 is 0 Å². The van der Waals surface area contributed by atoms with Gasteiger partial charge in [0.1, 0.15) is 5.82 Å². The van der Waals surface area contributed by atoms with Crippen LogP contribution in [0.1, 0.15) is 25.3 Å². The van der Waals surface area contributed by atoms with Gasteiger partial charge >= 0.3 is 0 Å². The minimum Gasteiger partial charge on any atom is -0.377 e. The molecule has 0 heterocycles. The maximum Gasteiger partial charge on any atom is 0.141 e. The molecule has 1 aromatic rings. The van der Waals surface area contributed by atoms with E-state index in [1.165, 1.54) is 18.9 Å². The SMILES string of the molecule is CCOC(C1CC1)C(Cc1ccc(F)c(Cl)c1)NC. The topological polar surface area (TPSA) is 21.3 Å². The van der Waals surface area contributed by atoms with Crippen molar-refractivity contribution in [2.75, 3.05) is 13.7 Å². The number of nitrogens with one attached hydrogen (secondary N) is 1. The third-order valence-corrected chi connectivity index (χ3v) is 3.94. The molecule has 0 bridgehead atoms. The van der Waals surface area contributed by atoms with E-state index in [0.29, 0.717) is 5.92 Å². The second-order valence-electron chi connectivity index (χ2n) is 5.11. The first kappa shape index (κ1) is 14.8. The Morgan fingerprint density at radius 1 is 1.47 bits per heavy atom. The van der Waals surface area contributed by atoms with Crippen LogP contribution in [-0.4, -0.2) is 25.8 Å². The smallest absolute Gasteiger partial charge is 0.141 e. The van der Waals surface area contributed by atoms with Crippen molar-refractivity contribution in [2.24, 2.45) is 5.92 Å². The summed E-state index contributed by atoms with van der Waals surface area (Å²) in [6.45, 7) is 2.75. The largest absolute Gasteiger partial charge is 0.377 e. The van der Waals surface area contributed by atoms with Crippen LogP contribution >= 0.6 is 11.6 Å². The lowest BCUT2D eigenvalue weighted by atomic mass is 9.98. The lowest BCUT2D eigenvalue weighted by molar-refractivity contribution is 0.0211. The fraction of sp³-hybridized carbons (Fsp3) is 0.600. The summed E-state index contributed by atoms with van der Waals surface area (Å²) in [6.07, 6.45) is 3.52. The predicted octanol–water partition coefficient (Wildman–Crippen LogP) is 3.42. The fourth-order valence-electron chi connectivity index (χ4n) is 2.50. The quantitative estimate of drug-likeness (QED) is 0.829. The number of halogens is 2. The molecule has 1 N–H and O–H groups in total. The van der Waals surface area contributed by atoms with Crippen molar-refractivity contribution in [2.45, 2.75) is 38.3 Å². The van der Waals surface area contributed by atoms with Gasteiger partial charge in [-0.25, -0.2) is 4.39 Å².